The number of aryl methyl sites for hydroxylation is 2. The van der Waals surface area contributed by atoms with Gasteiger partial charge in [-0.05, 0) is 26.0 Å². The zero-order valence-corrected chi connectivity index (χ0v) is 15.7. The summed E-state index contributed by atoms with van der Waals surface area (Å²) in [5.74, 6) is 0.661. The summed E-state index contributed by atoms with van der Waals surface area (Å²) in [6.07, 6.45) is 0.209. The number of nitrogens with zero attached hydrogens (tertiary/aromatic N) is 2. The number of carbonyl (C=O) groups is 1. The first-order valence-corrected chi connectivity index (χ1v) is 9.19. The van der Waals surface area contributed by atoms with Crippen LogP contribution in [-0.4, -0.2) is 48.3 Å². The van der Waals surface area contributed by atoms with E-state index in [-0.39, 0.29) is 24.5 Å². The van der Waals surface area contributed by atoms with Crippen molar-refractivity contribution in [2.75, 3.05) is 26.2 Å². The van der Waals surface area contributed by atoms with Crippen LogP contribution in [0.3, 0.4) is 0 Å². The lowest BCUT2D eigenvalue weighted by atomic mass is 9.97. The van der Waals surface area contributed by atoms with Crippen LogP contribution in [-0.2, 0) is 16.0 Å². The van der Waals surface area contributed by atoms with Gasteiger partial charge < -0.3 is 14.6 Å². The Morgan fingerprint density at radius 2 is 2.08 bits per heavy atom. The minimum atomic E-state index is -0.0697. The fourth-order valence-corrected chi connectivity index (χ4v) is 3.58. The molecule has 6 nitrogen and oxygen atoms in total. The third-order valence-corrected chi connectivity index (χ3v) is 5.02. The van der Waals surface area contributed by atoms with Crippen molar-refractivity contribution < 1.29 is 14.1 Å². The molecule has 0 radical (unpaired) electrons. The summed E-state index contributed by atoms with van der Waals surface area (Å²) in [4.78, 5) is 14.8. The summed E-state index contributed by atoms with van der Waals surface area (Å²) < 4.78 is 11.2. The number of carbonyl (C=O) groups excluding carboxylic acids is 1. The maximum absolute atomic E-state index is 12.4. The molecular formula is C20H27N3O3. The fourth-order valence-electron chi connectivity index (χ4n) is 3.58. The molecule has 2 aromatic rings. The van der Waals surface area contributed by atoms with Gasteiger partial charge in [-0.3, -0.25) is 9.69 Å². The van der Waals surface area contributed by atoms with E-state index in [9.17, 15) is 4.79 Å². The lowest BCUT2D eigenvalue weighted by molar-refractivity contribution is -0.122. The van der Waals surface area contributed by atoms with Crippen molar-refractivity contribution in [3.8, 4) is 0 Å². The van der Waals surface area contributed by atoms with E-state index in [1.807, 2.05) is 32.0 Å². The maximum Gasteiger partial charge on any atom is 0.224 e. The molecule has 1 amide bonds. The van der Waals surface area contributed by atoms with E-state index >= 15 is 0 Å². The van der Waals surface area contributed by atoms with Crippen molar-refractivity contribution >= 4 is 5.91 Å². The van der Waals surface area contributed by atoms with Gasteiger partial charge >= 0.3 is 0 Å². The predicted octanol–water partition coefficient (Wildman–Crippen LogP) is 2.41. The molecule has 1 aliphatic heterocycles. The summed E-state index contributed by atoms with van der Waals surface area (Å²) >= 11 is 0. The van der Waals surface area contributed by atoms with Gasteiger partial charge in [0.15, 0.2) is 0 Å². The number of aromatic nitrogens is 1. The van der Waals surface area contributed by atoms with E-state index in [0.29, 0.717) is 18.9 Å². The third kappa shape index (κ3) is 4.14. The topological polar surface area (TPSA) is 67.6 Å². The average Bonchev–Trinajstić information content (AvgIpc) is 2.98. The normalized spacial score (nSPS) is 20.9. The number of benzene rings is 1. The van der Waals surface area contributed by atoms with Gasteiger partial charge in [-0.2, -0.15) is 0 Å². The van der Waals surface area contributed by atoms with Crippen LogP contribution in [0.4, 0.5) is 0 Å². The van der Waals surface area contributed by atoms with Crippen LogP contribution in [0, 0.1) is 13.8 Å². The molecule has 1 fully saturated rings. The highest BCUT2D eigenvalue weighted by molar-refractivity contribution is 5.79. The van der Waals surface area contributed by atoms with E-state index in [0.717, 1.165) is 24.3 Å². The summed E-state index contributed by atoms with van der Waals surface area (Å²) in [5.41, 5.74) is 2.85. The maximum atomic E-state index is 12.4. The second-order valence-electron chi connectivity index (χ2n) is 6.68. The fraction of sp³-hybridized carbons (Fsp3) is 0.500. The summed E-state index contributed by atoms with van der Waals surface area (Å²) in [5, 5.41) is 6.94. The Labute approximate surface area is 154 Å². The summed E-state index contributed by atoms with van der Waals surface area (Å²) in [6.45, 7) is 8.87. The number of ether oxygens (including phenoxy) is 1. The number of amides is 1. The third-order valence-electron chi connectivity index (χ3n) is 5.02. The summed E-state index contributed by atoms with van der Waals surface area (Å²) in [7, 11) is 0. The van der Waals surface area contributed by atoms with E-state index in [2.05, 4.69) is 34.4 Å². The van der Waals surface area contributed by atoms with Gasteiger partial charge in [-0.15, -0.1) is 0 Å². The first-order chi connectivity index (χ1) is 12.6. The van der Waals surface area contributed by atoms with E-state index in [1.54, 1.807) is 0 Å². The molecule has 3 rings (SSSR count). The minimum Gasteiger partial charge on any atom is -0.373 e. The van der Waals surface area contributed by atoms with Gasteiger partial charge in [-0.1, -0.05) is 42.4 Å². The van der Waals surface area contributed by atoms with Gasteiger partial charge in [0.25, 0.3) is 0 Å². The van der Waals surface area contributed by atoms with E-state index < -0.39 is 0 Å². The van der Waals surface area contributed by atoms with Gasteiger partial charge in [0, 0.05) is 18.7 Å². The van der Waals surface area contributed by atoms with Crippen molar-refractivity contribution in [1.29, 1.82) is 0 Å². The molecule has 1 saturated heterocycles. The first-order valence-electron chi connectivity index (χ1n) is 9.19. The molecular weight excluding hydrogens is 330 g/mol. The van der Waals surface area contributed by atoms with Crippen molar-refractivity contribution in [2.24, 2.45) is 0 Å². The Kier molecular flexibility index (Phi) is 6.06. The molecule has 1 aromatic heterocycles. The smallest absolute Gasteiger partial charge is 0.224 e. The van der Waals surface area contributed by atoms with Gasteiger partial charge in [0.2, 0.25) is 5.91 Å². The molecule has 2 atom stereocenters. The second-order valence-corrected chi connectivity index (χ2v) is 6.68. The highest BCUT2D eigenvalue weighted by Crippen LogP contribution is 2.29. The molecule has 0 aliphatic carbocycles. The quantitative estimate of drug-likeness (QED) is 0.860. The highest BCUT2D eigenvalue weighted by atomic mass is 16.5. The van der Waals surface area contributed by atoms with Crippen molar-refractivity contribution in [3.63, 3.8) is 0 Å². The van der Waals surface area contributed by atoms with Crippen LogP contribution in [0.5, 0.6) is 0 Å². The SMILES string of the molecule is CCN1CCO[C@@H](CNC(=O)Cc2c(C)noc2C)[C@@H]1c1ccccc1. The van der Waals surface area contributed by atoms with E-state index in [1.165, 1.54) is 5.56 Å². The Balaban J connectivity index is 1.66. The number of morpholine rings is 1. The van der Waals surface area contributed by atoms with Crippen LogP contribution < -0.4 is 5.32 Å². The number of likely N-dealkylation sites (N-methyl/N-ethyl adjacent to an activating group) is 1. The molecule has 26 heavy (non-hydrogen) atoms. The number of hydrogen-bond donors (Lipinski definition) is 1. The molecule has 2 heterocycles. The first kappa shape index (κ1) is 18.6. The zero-order valence-electron chi connectivity index (χ0n) is 15.7. The standard InChI is InChI=1S/C20H27N3O3/c1-4-23-10-11-25-18(20(23)16-8-6-5-7-9-16)13-21-19(24)12-17-14(2)22-26-15(17)3/h5-9,18,20H,4,10-13H2,1-3H3,(H,21,24)/t18-,20-/m0/s1. The Morgan fingerprint density at radius 3 is 2.73 bits per heavy atom. The van der Waals surface area contributed by atoms with Crippen molar-refractivity contribution in [3.05, 3.63) is 52.9 Å². The molecule has 1 N–H and O–H groups in total. The molecule has 0 unspecified atom stereocenters. The molecule has 0 saturated carbocycles. The van der Waals surface area contributed by atoms with Crippen LogP contribution in [0.2, 0.25) is 0 Å². The number of hydrogen-bond acceptors (Lipinski definition) is 5. The lowest BCUT2D eigenvalue weighted by Crippen LogP contribution is -2.49. The van der Waals surface area contributed by atoms with Gasteiger partial charge in [-0.25, -0.2) is 0 Å². The van der Waals surface area contributed by atoms with Crippen LogP contribution >= 0.6 is 0 Å². The number of nitrogens with one attached hydrogen (secondary N) is 1. The highest BCUT2D eigenvalue weighted by Gasteiger charge is 2.32. The van der Waals surface area contributed by atoms with E-state index in [4.69, 9.17) is 9.26 Å². The zero-order chi connectivity index (χ0) is 18.5. The molecule has 140 valence electrons. The van der Waals surface area contributed by atoms with Crippen LogP contribution in [0.15, 0.2) is 34.9 Å². The van der Waals surface area contributed by atoms with Crippen molar-refractivity contribution in [2.45, 2.75) is 39.3 Å². The Hall–Kier alpha value is -2.18. The Morgan fingerprint density at radius 1 is 1.31 bits per heavy atom. The molecule has 0 bridgehead atoms. The van der Waals surface area contributed by atoms with Crippen LogP contribution in [0.25, 0.3) is 0 Å². The van der Waals surface area contributed by atoms with Gasteiger partial charge in [0.1, 0.15) is 5.76 Å². The average molecular weight is 357 g/mol. The molecule has 0 spiro atoms. The molecule has 1 aromatic carbocycles. The second kappa shape index (κ2) is 8.47. The predicted molar refractivity (Wildman–Crippen MR) is 98.9 cm³/mol. The minimum absolute atomic E-state index is 0.0385. The largest absolute Gasteiger partial charge is 0.373 e. The molecule has 1 aliphatic rings. The lowest BCUT2D eigenvalue weighted by Gasteiger charge is -2.41. The summed E-state index contributed by atoms with van der Waals surface area (Å²) in [6, 6.07) is 10.5. The van der Waals surface area contributed by atoms with Crippen molar-refractivity contribution in [1.82, 2.24) is 15.4 Å². The van der Waals surface area contributed by atoms with Gasteiger partial charge in [0.05, 0.1) is 30.9 Å². The molecule has 6 heteroatoms. The monoisotopic (exact) mass is 357 g/mol. The van der Waals surface area contributed by atoms with Crippen LogP contribution in [0.1, 0.15) is 35.5 Å². The Bertz CT molecular complexity index is 710. The number of rotatable bonds is 6.